The molecule has 0 atom stereocenters. The highest BCUT2D eigenvalue weighted by Gasteiger charge is 2.17. The fraction of sp³-hybridized carbons (Fsp3) is 0. The minimum Gasteiger partial charge on any atom is -0.463 e. The molecule has 0 aliphatic rings. The summed E-state index contributed by atoms with van der Waals surface area (Å²) in [6, 6.07) is 6.52. The predicted molar refractivity (Wildman–Crippen MR) is 56.9 cm³/mol. The van der Waals surface area contributed by atoms with E-state index in [-0.39, 0.29) is 10.8 Å². The third-order valence-electron chi connectivity index (χ3n) is 2.30. The van der Waals surface area contributed by atoms with Crippen LogP contribution in [0.5, 0.6) is 5.75 Å². The zero-order valence-electron chi connectivity index (χ0n) is 7.94. The molecule has 0 N–H and O–H groups in total. The van der Waals surface area contributed by atoms with Crippen LogP contribution in [0.3, 0.4) is 0 Å². The maximum Gasteiger partial charge on any atom is 0.201 e. The lowest BCUT2D eigenvalue weighted by Crippen LogP contribution is -1.74. The van der Waals surface area contributed by atoms with Gasteiger partial charge in [0.25, 0.3) is 0 Å². The molecule has 16 heavy (non-hydrogen) atoms. The molecule has 5 heteroatoms. The summed E-state index contributed by atoms with van der Waals surface area (Å²) in [6.45, 7) is 0. The lowest BCUT2D eigenvalue weighted by atomic mass is 10.2. The van der Waals surface area contributed by atoms with Crippen molar-refractivity contribution in [3.63, 3.8) is 0 Å². The van der Waals surface area contributed by atoms with Crippen molar-refractivity contribution >= 4 is 22.6 Å². The molecule has 0 bridgehead atoms. The molecule has 3 aromatic rings. The second-order valence-electron chi connectivity index (χ2n) is 3.26. The molecule has 0 unspecified atom stereocenters. The van der Waals surface area contributed by atoms with Gasteiger partial charge in [-0.05, 0) is 24.3 Å². The Morgan fingerprint density at radius 3 is 2.88 bits per heavy atom. The van der Waals surface area contributed by atoms with Gasteiger partial charge in [0.15, 0.2) is 17.0 Å². The van der Waals surface area contributed by atoms with Gasteiger partial charge >= 0.3 is 0 Å². The minimum atomic E-state index is -0.281. The molecule has 0 aliphatic heterocycles. The summed E-state index contributed by atoms with van der Waals surface area (Å²) in [5.41, 5.74) is 0.836. The summed E-state index contributed by atoms with van der Waals surface area (Å²) in [7, 11) is 0. The molecule has 0 amide bonds. The number of nitrogens with zero attached hydrogens (tertiary/aromatic N) is 1. The Bertz CT molecular complexity index is 643. The topological polar surface area (TPSA) is 59.1 Å². The van der Waals surface area contributed by atoms with E-state index in [1.54, 1.807) is 24.5 Å². The monoisotopic (exact) mass is 234 g/mol. The summed E-state index contributed by atoms with van der Waals surface area (Å²) >= 11 is 5.82. The molecule has 2 aromatic heterocycles. The quantitative estimate of drug-likeness (QED) is 0.642. The van der Waals surface area contributed by atoms with Crippen molar-refractivity contribution in [2.45, 2.75) is 0 Å². The van der Waals surface area contributed by atoms with Crippen LogP contribution >= 0.6 is 11.6 Å². The van der Waals surface area contributed by atoms with Crippen molar-refractivity contribution in [3.05, 3.63) is 35.6 Å². The summed E-state index contributed by atoms with van der Waals surface area (Å²) in [4.78, 5) is 0. The molecule has 1 aromatic carbocycles. The highest BCUT2D eigenvalue weighted by Crippen LogP contribution is 2.37. The van der Waals surface area contributed by atoms with Crippen LogP contribution in [0, 0.1) is 0 Å². The first kappa shape index (κ1) is 9.30. The first-order chi connectivity index (χ1) is 7.77. The Hall–Kier alpha value is -1.94. The minimum absolute atomic E-state index is 0.0443. The molecule has 2 heterocycles. The number of rotatable bonds is 1. The zero-order valence-corrected chi connectivity index (χ0v) is 8.69. The fourth-order valence-electron chi connectivity index (χ4n) is 1.55. The standard InChI is InChI=1S/C11H5ClNO3/c12-9-7(14)4-3-6-10(13-16-11(6)9)8-2-1-5-15-8/h1-5H. The van der Waals surface area contributed by atoms with Crippen molar-refractivity contribution in [2.24, 2.45) is 0 Å². The van der Waals surface area contributed by atoms with Gasteiger partial charge in [-0.1, -0.05) is 16.8 Å². The van der Waals surface area contributed by atoms with Crippen LogP contribution in [0.15, 0.2) is 39.5 Å². The zero-order chi connectivity index (χ0) is 11.1. The van der Waals surface area contributed by atoms with Crippen molar-refractivity contribution in [3.8, 4) is 17.2 Å². The van der Waals surface area contributed by atoms with Crippen LogP contribution in [-0.4, -0.2) is 5.16 Å². The highest BCUT2D eigenvalue weighted by molar-refractivity contribution is 6.36. The van der Waals surface area contributed by atoms with Crippen LogP contribution in [0.1, 0.15) is 0 Å². The molecule has 3 rings (SSSR count). The number of furan rings is 1. The summed E-state index contributed by atoms with van der Waals surface area (Å²) in [5.74, 6) is 0.296. The number of hydrogen-bond acceptors (Lipinski definition) is 3. The first-order valence-corrected chi connectivity index (χ1v) is 4.94. The maximum absolute atomic E-state index is 11.3. The number of fused-ring (bicyclic) bond motifs is 1. The normalized spacial score (nSPS) is 11.1. The molecule has 79 valence electrons. The van der Waals surface area contributed by atoms with E-state index in [9.17, 15) is 5.11 Å². The molecular formula is C11H5ClNO3. The third-order valence-corrected chi connectivity index (χ3v) is 2.66. The molecule has 0 saturated carbocycles. The Balaban J connectivity index is 2.34. The first-order valence-electron chi connectivity index (χ1n) is 4.56. The van der Waals surface area contributed by atoms with Gasteiger partial charge < -0.3 is 8.94 Å². The van der Waals surface area contributed by atoms with E-state index in [4.69, 9.17) is 20.5 Å². The Labute approximate surface area is 95.0 Å². The molecule has 0 saturated heterocycles. The Kier molecular flexibility index (Phi) is 1.91. The highest BCUT2D eigenvalue weighted by atomic mass is 35.5. The number of benzene rings is 1. The molecule has 4 nitrogen and oxygen atoms in total. The van der Waals surface area contributed by atoms with Crippen molar-refractivity contribution in [1.29, 1.82) is 0 Å². The largest absolute Gasteiger partial charge is 0.463 e. The number of halogens is 1. The van der Waals surface area contributed by atoms with Gasteiger partial charge in [0.1, 0.15) is 5.02 Å². The van der Waals surface area contributed by atoms with Crippen LogP contribution in [0.2, 0.25) is 5.02 Å². The second-order valence-corrected chi connectivity index (χ2v) is 3.64. The van der Waals surface area contributed by atoms with Crippen LogP contribution in [0.4, 0.5) is 0 Å². The van der Waals surface area contributed by atoms with Crippen molar-refractivity contribution in [1.82, 2.24) is 5.16 Å². The summed E-state index contributed by atoms with van der Waals surface area (Å²) < 4.78 is 10.3. The predicted octanol–water partition coefficient (Wildman–Crippen LogP) is 3.89. The van der Waals surface area contributed by atoms with E-state index >= 15 is 0 Å². The van der Waals surface area contributed by atoms with Gasteiger partial charge in [-0.3, -0.25) is 5.11 Å². The number of hydrogen-bond donors (Lipinski definition) is 0. The van der Waals surface area contributed by atoms with E-state index in [0.717, 1.165) is 0 Å². The van der Waals surface area contributed by atoms with Crippen LogP contribution < -0.4 is 0 Å². The smallest absolute Gasteiger partial charge is 0.201 e. The van der Waals surface area contributed by atoms with E-state index in [2.05, 4.69) is 5.16 Å². The van der Waals surface area contributed by atoms with Gasteiger partial charge in [0, 0.05) is 0 Å². The SMILES string of the molecule is [O]c1ccc2c(-c3ccco3)noc2c1Cl. The molecule has 1 radical (unpaired) electrons. The number of aromatic nitrogens is 1. The van der Waals surface area contributed by atoms with Crippen LogP contribution in [0.25, 0.3) is 22.4 Å². The summed E-state index contributed by atoms with van der Waals surface area (Å²) in [5, 5.41) is 15.8. The van der Waals surface area contributed by atoms with Gasteiger partial charge in [0.2, 0.25) is 5.75 Å². The molecular weight excluding hydrogens is 230 g/mol. The Morgan fingerprint density at radius 1 is 1.25 bits per heavy atom. The molecule has 0 spiro atoms. The third kappa shape index (κ3) is 1.20. The van der Waals surface area contributed by atoms with Crippen molar-refractivity contribution < 1.29 is 14.0 Å². The van der Waals surface area contributed by atoms with E-state index in [1.807, 2.05) is 0 Å². The van der Waals surface area contributed by atoms with E-state index in [0.29, 0.717) is 22.4 Å². The molecule has 0 fully saturated rings. The Morgan fingerprint density at radius 2 is 2.12 bits per heavy atom. The van der Waals surface area contributed by atoms with Gasteiger partial charge in [-0.2, -0.15) is 0 Å². The van der Waals surface area contributed by atoms with E-state index < -0.39 is 0 Å². The van der Waals surface area contributed by atoms with Crippen molar-refractivity contribution in [2.75, 3.05) is 0 Å². The van der Waals surface area contributed by atoms with Gasteiger partial charge in [0.05, 0.1) is 11.6 Å². The molecule has 0 aliphatic carbocycles. The maximum atomic E-state index is 11.3. The van der Waals surface area contributed by atoms with Gasteiger partial charge in [-0.15, -0.1) is 0 Å². The average Bonchev–Trinajstić information content (AvgIpc) is 2.91. The van der Waals surface area contributed by atoms with Crippen LogP contribution in [-0.2, 0) is 5.11 Å². The fourth-order valence-corrected chi connectivity index (χ4v) is 1.74. The second kappa shape index (κ2) is 3.28. The lowest BCUT2D eigenvalue weighted by molar-refractivity contribution is 0.354. The van der Waals surface area contributed by atoms with E-state index in [1.165, 1.54) is 6.07 Å². The average molecular weight is 235 g/mol. The van der Waals surface area contributed by atoms with Gasteiger partial charge in [-0.25, -0.2) is 0 Å². The summed E-state index contributed by atoms with van der Waals surface area (Å²) in [6.07, 6.45) is 1.54. The lowest BCUT2D eigenvalue weighted by Gasteiger charge is -1.93.